The lowest BCUT2D eigenvalue weighted by molar-refractivity contribution is -0.145. The minimum absolute atomic E-state index is 0.224. The van der Waals surface area contributed by atoms with Crippen molar-refractivity contribution in [2.75, 3.05) is 6.61 Å². The van der Waals surface area contributed by atoms with Crippen molar-refractivity contribution in [1.82, 2.24) is 0 Å². The van der Waals surface area contributed by atoms with Gasteiger partial charge in [-0.05, 0) is 42.7 Å². The molecule has 0 aliphatic heterocycles. The third-order valence-electron chi connectivity index (χ3n) is 4.11. The van der Waals surface area contributed by atoms with Gasteiger partial charge in [0.25, 0.3) is 0 Å². The number of carbonyl (C=O) groups excluding carboxylic acids is 3. The van der Waals surface area contributed by atoms with Gasteiger partial charge in [0, 0.05) is 27.4 Å². The highest BCUT2D eigenvalue weighted by Crippen LogP contribution is 2.13. The van der Waals surface area contributed by atoms with E-state index in [0.717, 1.165) is 14.5 Å². The van der Waals surface area contributed by atoms with Crippen LogP contribution in [-0.2, 0) is 25.7 Å². The summed E-state index contributed by atoms with van der Waals surface area (Å²) in [6, 6.07) is 14.5. The number of esters is 2. The highest BCUT2D eigenvalue weighted by Gasteiger charge is 2.10. The second-order valence-corrected chi connectivity index (χ2v) is 8.27. The Morgan fingerprint density at radius 3 is 1.79 bits per heavy atom. The van der Waals surface area contributed by atoms with Gasteiger partial charge < -0.3 is 9.47 Å². The van der Waals surface area contributed by atoms with Crippen LogP contribution in [0, 0.1) is 0 Å². The Morgan fingerprint density at radius 1 is 0.690 bits per heavy atom. The maximum Gasteiger partial charge on any atom is 0.306 e. The molecule has 154 valence electrons. The molecule has 0 spiro atoms. The largest absolute Gasteiger partial charge is 0.461 e. The molecule has 0 fully saturated rings. The summed E-state index contributed by atoms with van der Waals surface area (Å²) in [6.45, 7) is -0.00627. The lowest BCUT2D eigenvalue weighted by Gasteiger charge is -2.06. The fourth-order valence-corrected chi connectivity index (χ4v) is 3.00. The second kappa shape index (κ2) is 12.5. The predicted octanol–water partition coefficient (Wildman–Crippen LogP) is 5.63. The normalized spacial score (nSPS) is 10.4. The van der Waals surface area contributed by atoms with Crippen molar-refractivity contribution in [3.8, 4) is 0 Å². The third-order valence-corrected chi connectivity index (χ3v) is 5.16. The van der Waals surface area contributed by atoms with Crippen molar-refractivity contribution in [2.45, 2.75) is 38.7 Å². The van der Waals surface area contributed by atoms with Crippen molar-refractivity contribution in [3.05, 3.63) is 68.6 Å². The van der Waals surface area contributed by atoms with Crippen LogP contribution in [0.2, 0.25) is 0 Å². The Bertz CT molecular complexity index is 816. The highest BCUT2D eigenvalue weighted by atomic mass is 79.9. The van der Waals surface area contributed by atoms with E-state index in [4.69, 9.17) is 9.47 Å². The molecule has 0 atom stereocenters. The quantitative estimate of drug-likeness (QED) is 0.216. The van der Waals surface area contributed by atoms with Crippen molar-refractivity contribution in [3.63, 3.8) is 0 Å². The van der Waals surface area contributed by atoms with Gasteiger partial charge in [-0.3, -0.25) is 14.4 Å². The van der Waals surface area contributed by atoms with E-state index >= 15 is 0 Å². The number of halogens is 2. The number of ether oxygens (including phenoxy) is 2. The van der Waals surface area contributed by atoms with Crippen LogP contribution in [0.5, 0.6) is 0 Å². The van der Waals surface area contributed by atoms with E-state index in [1.807, 2.05) is 24.3 Å². The number of carbonyl (C=O) groups is 3. The molecular weight excluding hydrogens is 504 g/mol. The zero-order valence-electron chi connectivity index (χ0n) is 15.9. The smallest absolute Gasteiger partial charge is 0.306 e. The number of ketones is 1. The molecule has 0 saturated heterocycles. The average molecular weight is 526 g/mol. The molecule has 0 N–H and O–H groups in total. The topological polar surface area (TPSA) is 69.7 Å². The fourth-order valence-electron chi connectivity index (χ4n) is 2.47. The first-order valence-corrected chi connectivity index (χ1v) is 10.9. The molecule has 0 heterocycles. The lowest BCUT2D eigenvalue weighted by Crippen LogP contribution is -2.14. The first kappa shape index (κ1) is 23.3. The molecule has 0 aromatic heterocycles. The van der Waals surface area contributed by atoms with Crippen LogP contribution in [0.1, 0.15) is 48.0 Å². The molecule has 7 heteroatoms. The minimum atomic E-state index is -0.409. The van der Waals surface area contributed by atoms with Crippen molar-refractivity contribution >= 4 is 49.6 Å². The zero-order chi connectivity index (χ0) is 21.1. The summed E-state index contributed by atoms with van der Waals surface area (Å²) >= 11 is 6.66. The number of unbranched alkanes of at least 4 members (excludes halogenated alkanes) is 2. The first-order valence-electron chi connectivity index (χ1n) is 9.28. The third kappa shape index (κ3) is 9.37. The molecule has 2 rings (SSSR count). The number of Topliss-reactive ketones (excluding diaryl/α,β-unsaturated/α-hetero) is 1. The summed E-state index contributed by atoms with van der Waals surface area (Å²) in [5, 5.41) is 0. The van der Waals surface area contributed by atoms with Crippen LogP contribution >= 0.6 is 31.9 Å². The highest BCUT2D eigenvalue weighted by molar-refractivity contribution is 9.10. The maximum atomic E-state index is 11.9. The van der Waals surface area contributed by atoms with E-state index in [0.29, 0.717) is 31.2 Å². The summed E-state index contributed by atoms with van der Waals surface area (Å²) in [7, 11) is 0. The molecule has 2 aromatic carbocycles. The Balaban J connectivity index is 1.52. The number of benzene rings is 2. The van der Waals surface area contributed by atoms with E-state index in [1.165, 1.54) is 0 Å². The van der Waals surface area contributed by atoms with E-state index in [9.17, 15) is 14.4 Å². The van der Waals surface area contributed by atoms with Gasteiger partial charge in [0.2, 0.25) is 0 Å². The van der Waals surface area contributed by atoms with Crippen molar-refractivity contribution in [1.29, 1.82) is 0 Å². The SMILES string of the molecule is O=C(CCCCCC(=O)OCc1ccc(Br)cc1)OCC(=O)c1ccc(Br)cc1. The van der Waals surface area contributed by atoms with Gasteiger partial charge in [0.05, 0.1) is 0 Å². The predicted molar refractivity (Wildman–Crippen MR) is 116 cm³/mol. The second-order valence-electron chi connectivity index (χ2n) is 6.44. The molecule has 0 unspecified atom stereocenters. The molecule has 2 aromatic rings. The molecule has 29 heavy (non-hydrogen) atoms. The molecule has 0 radical (unpaired) electrons. The van der Waals surface area contributed by atoms with Gasteiger partial charge in [-0.15, -0.1) is 0 Å². The number of hydrogen-bond acceptors (Lipinski definition) is 5. The van der Waals surface area contributed by atoms with E-state index in [2.05, 4.69) is 31.9 Å². The van der Waals surface area contributed by atoms with E-state index < -0.39 is 5.97 Å². The average Bonchev–Trinajstić information content (AvgIpc) is 2.72. The van der Waals surface area contributed by atoms with E-state index in [1.54, 1.807) is 24.3 Å². The van der Waals surface area contributed by atoms with E-state index in [-0.39, 0.29) is 31.4 Å². The maximum absolute atomic E-state index is 11.9. The molecule has 0 aliphatic rings. The molecular formula is C22H22Br2O5. The van der Waals surface area contributed by atoms with Crippen LogP contribution in [-0.4, -0.2) is 24.3 Å². The van der Waals surface area contributed by atoms with Crippen molar-refractivity contribution < 1.29 is 23.9 Å². The summed E-state index contributed by atoms with van der Waals surface area (Å²) in [6.07, 6.45) is 2.49. The van der Waals surface area contributed by atoms with Crippen LogP contribution in [0.15, 0.2) is 57.5 Å². The van der Waals surface area contributed by atoms with Crippen LogP contribution in [0.4, 0.5) is 0 Å². The zero-order valence-corrected chi connectivity index (χ0v) is 19.0. The molecule has 0 bridgehead atoms. The van der Waals surface area contributed by atoms with Gasteiger partial charge in [0.15, 0.2) is 12.4 Å². The van der Waals surface area contributed by atoms with Gasteiger partial charge in [-0.1, -0.05) is 62.5 Å². The first-order chi connectivity index (χ1) is 13.9. The molecule has 0 aliphatic carbocycles. The van der Waals surface area contributed by atoms with Gasteiger partial charge >= 0.3 is 11.9 Å². The molecule has 0 saturated carbocycles. The molecule has 5 nitrogen and oxygen atoms in total. The standard InChI is InChI=1S/C22H22Br2O5/c23-18-10-6-16(7-11-18)14-28-21(26)4-2-1-3-5-22(27)29-15-20(25)17-8-12-19(24)13-9-17/h6-13H,1-5,14-15H2. The van der Waals surface area contributed by atoms with Gasteiger partial charge in [-0.2, -0.15) is 0 Å². The van der Waals surface area contributed by atoms with Crippen molar-refractivity contribution in [2.24, 2.45) is 0 Å². The minimum Gasteiger partial charge on any atom is -0.461 e. The summed E-state index contributed by atoms with van der Waals surface area (Å²) in [4.78, 5) is 35.4. The number of hydrogen-bond donors (Lipinski definition) is 0. The van der Waals surface area contributed by atoms with Crippen LogP contribution in [0.3, 0.4) is 0 Å². The Hall–Kier alpha value is -1.99. The number of rotatable bonds is 11. The van der Waals surface area contributed by atoms with Gasteiger partial charge in [-0.25, -0.2) is 0 Å². The van der Waals surface area contributed by atoms with Crippen LogP contribution < -0.4 is 0 Å². The Labute approximate surface area is 187 Å². The van der Waals surface area contributed by atoms with Crippen LogP contribution in [0.25, 0.3) is 0 Å². The summed E-state index contributed by atoms with van der Waals surface area (Å²) < 4.78 is 12.1. The monoisotopic (exact) mass is 524 g/mol. The fraction of sp³-hybridized carbons (Fsp3) is 0.318. The Kier molecular flexibility index (Phi) is 10.1. The molecule has 0 amide bonds. The summed E-state index contributed by atoms with van der Waals surface area (Å²) in [5.41, 5.74) is 1.43. The lowest BCUT2D eigenvalue weighted by atomic mass is 10.1. The summed E-state index contributed by atoms with van der Waals surface area (Å²) in [5.74, 6) is -0.900. The van der Waals surface area contributed by atoms with Gasteiger partial charge in [0.1, 0.15) is 6.61 Å². The Morgan fingerprint density at radius 2 is 1.21 bits per heavy atom.